The molecule has 0 N–H and O–H groups in total. The van der Waals surface area contributed by atoms with Gasteiger partial charge in [-0.05, 0) is 37.6 Å². The van der Waals surface area contributed by atoms with Crippen LogP contribution in [0, 0.1) is 6.92 Å². The molecular formula is C15H17NO2. The maximum Gasteiger partial charge on any atom is 0.127 e. The van der Waals surface area contributed by atoms with E-state index < -0.39 is 0 Å². The molecule has 0 bridgehead atoms. The molecule has 0 amide bonds. The molecular weight excluding hydrogens is 226 g/mol. The molecule has 18 heavy (non-hydrogen) atoms. The fourth-order valence-electron chi connectivity index (χ4n) is 1.90. The number of hydrogen-bond acceptors (Lipinski definition) is 3. The van der Waals surface area contributed by atoms with Crippen LogP contribution >= 0.6 is 0 Å². The molecule has 1 aromatic heterocycles. The third kappa shape index (κ3) is 2.45. The molecule has 94 valence electrons. The van der Waals surface area contributed by atoms with Crippen LogP contribution in [0.1, 0.15) is 12.5 Å². The van der Waals surface area contributed by atoms with Crippen molar-refractivity contribution in [3.8, 4) is 22.6 Å². The standard InChI is InChI=1S/C15H17NO2/c1-4-18-15-8-11(2)14(17-3)9-13(15)12-6-5-7-16-10-12/h5-10H,4H2,1-3H3. The Bertz CT molecular complexity index is 524. The highest BCUT2D eigenvalue weighted by atomic mass is 16.5. The lowest BCUT2D eigenvalue weighted by atomic mass is 10.0. The summed E-state index contributed by atoms with van der Waals surface area (Å²) in [5.41, 5.74) is 3.10. The minimum atomic E-state index is 0.638. The van der Waals surface area contributed by atoms with E-state index in [2.05, 4.69) is 4.98 Å². The van der Waals surface area contributed by atoms with Crippen LogP contribution in [0.15, 0.2) is 36.7 Å². The molecule has 0 spiro atoms. The highest BCUT2D eigenvalue weighted by molar-refractivity contribution is 5.72. The summed E-state index contributed by atoms with van der Waals surface area (Å²) >= 11 is 0. The molecule has 2 rings (SSSR count). The second-order valence-corrected chi connectivity index (χ2v) is 3.99. The van der Waals surface area contributed by atoms with Gasteiger partial charge in [-0.25, -0.2) is 0 Å². The number of rotatable bonds is 4. The Morgan fingerprint density at radius 2 is 2.06 bits per heavy atom. The molecule has 0 unspecified atom stereocenters. The van der Waals surface area contributed by atoms with Crippen molar-refractivity contribution in [3.63, 3.8) is 0 Å². The molecule has 0 saturated heterocycles. The molecule has 0 aliphatic rings. The quantitative estimate of drug-likeness (QED) is 0.824. The number of pyridine rings is 1. The van der Waals surface area contributed by atoms with Gasteiger partial charge in [-0.2, -0.15) is 0 Å². The number of aromatic nitrogens is 1. The van der Waals surface area contributed by atoms with Gasteiger partial charge in [0, 0.05) is 23.5 Å². The van der Waals surface area contributed by atoms with Gasteiger partial charge in [0.05, 0.1) is 13.7 Å². The minimum absolute atomic E-state index is 0.638. The summed E-state index contributed by atoms with van der Waals surface area (Å²) in [6.07, 6.45) is 3.59. The van der Waals surface area contributed by atoms with Crippen LogP contribution in [0.3, 0.4) is 0 Å². The summed E-state index contributed by atoms with van der Waals surface area (Å²) in [6, 6.07) is 7.93. The van der Waals surface area contributed by atoms with Crippen LogP contribution in [0.4, 0.5) is 0 Å². The van der Waals surface area contributed by atoms with Crippen molar-refractivity contribution >= 4 is 0 Å². The zero-order valence-corrected chi connectivity index (χ0v) is 10.9. The minimum Gasteiger partial charge on any atom is -0.496 e. The molecule has 2 aromatic rings. The fourth-order valence-corrected chi connectivity index (χ4v) is 1.90. The number of nitrogens with zero attached hydrogens (tertiary/aromatic N) is 1. The Labute approximate surface area is 107 Å². The molecule has 0 aliphatic carbocycles. The first kappa shape index (κ1) is 12.4. The van der Waals surface area contributed by atoms with Gasteiger partial charge in [0.2, 0.25) is 0 Å². The second-order valence-electron chi connectivity index (χ2n) is 3.99. The summed E-state index contributed by atoms with van der Waals surface area (Å²) in [5, 5.41) is 0. The first-order valence-corrected chi connectivity index (χ1v) is 5.98. The highest BCUT2D eigenvalue weighted by Crippen LogP contribution is 2.35. The van der Waals surface area contributed by atoms with Crippen LogP contribution in [-0.4, -0.2) is 18.7 Å². The van der Waals surface area contributed by atoms with E-state index in [0.717, 1.165) is 28.2 Å². The first-order valence-electron chi connectivity index (χ1n) is 5.98. The van der Waals surface area contributed by atoms with Gasteiger partial charge in [0.25, 0.3) is 0 Å². The molecule has 0 fully saturated rings. The number of aryl methyl sites for hydroxylation is 1. The van der Waals surface area contributed by atoms with Crippen molar-refractivity contribution < 1.29 is 9.47 Å². The number of methoxy groups -OCH3 is 1. The molecule has 0 radical (unpaired) electrons. The molecule has 1 aromatic carbocycles. The van der Waals surface area contributed by atoms with Gasteiger partial charge in [-0.3, -0.25) is 4.98 Å². The Balaban J connectivity index is 2.56. The lowest BCUT2D eigenvalue weighted by Gasteiger charge is -2.14. The highest BCUT2D eigenvalue weighted by Gasteiger charge is 2.10. The van der Waals surface area contributed by atoms with E-state index in [4.69, 9.17) is 9.47 Å². The summed E-state index contributed by atoms with van der Waals surface area (Å²) in [5.74, 6) is 1.72. The number of ether oxygens (including phenoxy) is 2. The maximum absolute atomic E-state index is 5.69. The summed E-state index contributed by atoms with van der Waals surface area (Å²) < 4.78 is 11.1. The van der Waals surface area contributed by atoms with E-state index in [9.17, 15) is 0 Å². The van der Waals surface area contributed by atoms with Crippen LogP contribution in [-0.2, 0) is 0 Å². The van der Waals surface area contributed by atoms with Crippen LogP contribution in [0.25, 0.3) is 11.1 Å². The van der Waals surface area contributed by atoms with E-state index in [0.29, 0.717) is 6.61 Å². The predicted molar refractivity (Wildman–Crippen MR) is 72.1 cm³/mol. The third-order valence-corrected chi connectivity index (χ3v) is 2.77. The van der Waals surface area contributed by atoms with E-state index in [1.165, 1.54) is 0 Å². The summed E-state index contributed by atoms with van der Waals surface area (Å²) in [7, 11) is 1.68. The monoisotopic (exact) mass is 243 g/mol. The molecule has 3 heteroatoms. The topological polar surface area (TPSA) is 31.4 Å². The van der Waals surface area contributed by atoms with Gasteiger partial charge >= 0.3 is 0 Å². The Morgan fingerprint density at radius 1 is 1.22 bits per heavy atom. The second kappa shape index (κ2) is 5.54. The van der Waals surface area contributed by atoms with Crippen molar-refractivity contribution in [1.29, 1.82) is 0 Å². The van der Waals surface area contributed by atoms with Gasteiger partial charge in [0.15, 0.2) is 0 Å². The smallest absolute Gasteiger partial charge is 0.127 e. The van der Waals surface area contributed by atoms with E-state index in [1.54, 1.807) is 13.3 Å². The van der Waals surface area contributed by atoms with E-state index in [-0.39, 0.29) is 0 Å². The Morgan fingerprint density at radius 3 is 2.67 bits per heavy atom. The average Bonchev–Trinajstić information content (AvgIpc) is 2.40. The fraction of sp³-hybridized carbons (Fsp3) is 0.267. The number of hydrogen-bond donors (Lipinski definition) is 0. The SMILES string of the molecule is CCOc1cc(C)c(OC)cc1-c1cccnc1. The normalized spacial score (nSPS) is 10.2. The van der Waals surface area contributed by atoms with Gasteiger partial charge < -0.3 is 9.47 Å². The van der Waals surface area contributed by atoms with Crippen LogP contribution < -0.4 is 9.47 Å². The molecule has 0 saturated carbocycles. The number of benzene rings is 1. The van der Waals surface area contributed by atoms with E-state index in [1.807, 2.05) is 44.3 Å². The zero-order valence-electron chi connectivity index (χ0n) is 10.9. The molecule has 0 atom stereocenters. The third-order valence-electron chi connectivity index (χ3n) is 2.77. The molecule has 1 heterocycles. The Hall–Kier alpha value is -2.03. The van der Waals surface area contributed by atoms with Crippen molar-refractivity contribution in [2.75, 3.05) is 13.7 Å². The van der Waals surface area contributed by atoms with E-state index >= 15 is 0 Å². The Kier molecular flexibility index (Phi) is 3.82. The van der Waals surface area contributed by atoms with Crippen LogP contribution in [0.2, 0.25) is 0 Å². The molecule has 3 nitrogen and oxygen atoms in total. The predicted octanol–water partition coefficient (Wildman–Crippen LogP) is 3.46. The van der Waals surface area contributed by atoms with Crippen molar-refractivity contribution in [1.82, 2.24) is 4.98 Å². The van der Waals surface area contributed by atoms with Gasteiger partial charge in [0.1, 0.15) is 11.5 Å². The summed E-state index contributed by atoms with van der Waals surface area (Å²) in [6.45, 7) is 4.62. The zero-order chi connectivity index (χ0) is 13.0. The van der Waals surface area contributed by atoms with Gasteiger partial charge in [-0.15, -0.1) is 0 Å². The van der Waals surface area contributed by atoms with Gasteiger partial charge in [-0.1, -0.05) is 6.07 Å². The lowest BCUT2D eigenvalue weighted by molar-refractivity contribution is 0.340. The first-order chi connectivity index (χ1) is 8.76. The molecule has 0 aliphatic heterocycles. The van der Waals surface area contributed by atoms with Crippen LogP contribution in [0.5, 0.6) is 11.5 Å². The summed E-state index contributed by atoms with van der Waals surface area (Å²) in [4.78, 5) is 4.14. The van der Waals surface area contributed by atoms with Crippen molar-refractivity contribution in [2.24, 2.45) is 0 Å². The largest absolute Gasteiger partial charge is 0.496 e. The lowest BCUT2D eigenvalue weighted by Crippen LogP contribution is -1.97. The maximum atomic E-state index is 5.69. The van der Waals surface area contributed by atoms with Crippen molar-refractivity contribution in [3.05, 3.63) is 42.2 Å². The van der Waals surface area contributed by atoms with Crippen molar-refractivity contribution in [2.45, 2.75) is 13.8 Å². The average molecular weight is 243 g/mol.